The predicted octanol–water partition coefficient (Wildman–Crippen LogP) is 2.03. The fraction of sp³-hybridized carbons (Fsp3) is 0.818. The van der Waals surface area contributed by atoms with Gasteiger partial charge in [-0.3, -0.25) is 9.59 Å². The standard InChI is InChI=1S/C11H18F3NO3/c1-3-5-8(10(17)18-4-2)9(16)15-7-6-11(12,13)14/h8H,3-7H2,1-2H3,(H,15,16). The van der Waals surface area contributed by atoms with Crippen LogP contribution in [0.4, 0.5) is 13.2 Å². The summed E-state index contributed by atoms with van der Waals surface area (Å²) in [6.07, 6.45) is -4.61. The third kappa shape index (κ3) is 7.13. The monoisotopic (exact) mass is 269 g/mol. The minimum atomic E-state index is -4.32. The number of carbonyl (C=O) groups is 2. The molecular formula is C11H18F3NO3. The third-order valence-corrected chi connectivity index (χ3v) is 2.17. The number of hydrogen-bond donors (Lipinski definition) is 1. The smallest absolute Gasteiger partial charge is 0.390 e. The highest BCUT2D eigenvalue weighted by atomic mass is 19.4. The van der Waals surface area contributed by atoms with Crippen LogP contribution >= 0.6 is 0 Å². The largest absolute Gasteiger partial charge is 0.465 e. The minimum absolute atomic E-state index is 0.134. The van der Waals surface area contributed by atoms with E-state index in [0.29, 0.717) is 6.42 Å². The van der Waals surface area contributed by atoms with Crippen LogP contribution in [0.2, 0.25) is 0 Å². The van der Waals surface area contributed by atoms with Crippen molar-refractivity contribution in [1.82, 2.24) is 5.32 Å². The molecule has 0 aliphatic rings. The van der Waals surface area contributed by atoms with Crippen LogP contribution in [0.3, 0.4) is 0 Å². The summed E-state index contributed by atoms with van der Waals surface area (Å²) >= 11 is 0. The van der Waals surface area contributed by atoms with Gasteiger partial charge in [-0.1, -0.05) is 13.3 Å². The summed E-state index contributed by atoms with van der Waals surface area (Å²) in [6.45, 7) is 2.98. The van der Waals surface area contributed by atoms with Gasteiger partial charge in [0, 0.05) is 6.54 Å². The molecule has 1 N–H and O–H groups in total. The molecule has 18 heavy (non-hydrogen) atoms. The first-order valence-electron chi connectivity index (χ1n) is 5.82. The summed E-state index contributed by atoms with van der Waals surface area (Å²) in [6, 6.07) is 0. The van der Waals surface area contributed by atoms with Crippen LogP contribution in [0.1, 0.15) is 33.1 Å². The van der Waals surface area contributed by atoms with Crippen LogP contribution in [0.25, 0.3) is 0 Å². The third-order valence-electron chi connectivity index (χ3n) is 2.17. The Bertz CT molecular complexity index is 279. The number of carbonyl (C=O) groups excluding carboxylic acids is 2. The van der Waals surface area contributed by atoms with Gasteiger partial charge in [0.2, 0.25) is 5.91 Å². The van der Waals surface area contributed by atoms with Crippen molar-refractivity contribution >= 4 is 11.9 Å². The molecule has 1 atom stereocenters. The first-order valence-corrected chi connectivity index (χ1v) is 5.82. The molecule has 0 spiro atoms. The SMILES string of the molecule is CCCC(C(=O)NCCC(F)(F)F)C(=O)OCC. The molecule has 0 aromatic heterocycles. The Hall–Kier alpha value is -1.27. The van der Waals surface area contributed by atoms with Gasteiger partial charge in [-0.25, -0.2) is 0 Å². The van der Waals surface area contributed by atoms with Crippen molar-refractivity contribution < 1.29 is 27.5 Å². The Morgan fingerprint density at radius 3 is 2.33 bits per heavy atom. The van der Waals surface area contributed by atoms with Gasteiger partial charge >= 0.3 is 12.1 Å². The fourth-order valence-electron chi connectivity index (χ4n) is 1.34. The molecule has 106 valence electrons. The van der Waals surface area contributed by atoms with Crippen molar-refractivity contribution in [3.8, 4) is 0 Å². The molecule has 7 heteroatoms. The number of ether oxygens (including phenoxy) is 1. The maximum atomic E-state index is 11.9. The molecular weight excluding hydrogens is 251 g/mol. The molecule has 0 fully saturated rings. The highest BCUT2D eigenvalue weighted by Gasteiger charge is 2.30. The summed E-state index contributed by atoms with van der Waals surface area (Å²) < 4.78 is 40.4. The number of halogens is 3. The molecule has 0 aliphatic carbocycles. The van der Waals surface area contributed by atoms with E-state index in [1.165, 1.54) is 0 Å². The van der Waals surface area contributed by atoms with E-state index in [-0.39, 0.29) is 13.0 Å². The number of hydrogen-bond acceptors (Lipinski definition) is 3. The van der Waals surface area contributed by atoms with Gasteiger partial charge in [0.25, 0.3) is 0 Å². The van der Waals surface area contributed by atoms with E-state index in [2.05, 4.69) is 5.32 Å². The normalized spacial score (nSPS) is 12.9. The van der Waals surface area contributed by atoms with Crippen LogP contribution < -0.4 is 5.32 Å². The summed E-state index contributed by atoms with van der Waals surface area (Å²) in [4.78, 5) is 23.0. The molecule has 0 radical (unpaired) electrons. The van der Waals surface area contributed by atoms with Gasteiger partial charge in [0.05, 0.1) is 13.0 Å². The van der Waals surface area contributed by atoms with Crippen molar-refractivity contribution in [2.45, 2.75) is 39.3 Å². The number of amides is 1. The van der Waals surface area contributed by atoms with E-state index in [4.69, 9.17) is 4.74 Å². The molecule has 4 nitrogen and oxygen atoms in total. The Morgan fingerprint density at radius 2 is 1.89 bits per heavy atom. The van der Waals surface area contributed by atoms with E-state index in [1.54, 1.807) is 13.8 Å². The topological polar surface area (TPSA) is 55.4 Å². The van der Waals surface area contributed by atoms with Gasteiger partial charge in [-0.05, 0) is 13.3 Å². The zero-order valence-electron chi connectivity index (χ0n) is 10.5. The lowest BCUT2D eigenvalue weighted by atomic mass is 10.0. The second kappa shape index (κ2) is 7.94. The van der Waals surface area contributed by atoms with Gasteiger partial charge in [-0.2, -0.15) is 13.2 Å². The van der Waals surface area contributed by atoms with Gasteiger partial charge in [0.15, 0.2) is 0 Å². The lowest BCUT2D eigenvalue weighted by Gasteiger charge is -2.15. The second-order valence-electron chi connectivity index (χ2n) is 3.75. The average molecular weight is 269 g/mol. The van der Waals surface area contributed by atoms with Crippen molar-refractivity contribution in [1.29, 1.82) is 0 Å². The Labute approximate surface area is 104 Å². The van der Waals surface area contributed by atoms with Gasteiger partial charge in [-0.15, -0.1) is 0 Å². The number of rotatable bonds is 7. The lowest BCUT2D eigenvalue weighted by Crippen LogP contribution is -2.37. The Morgan fingerprint density at radius 1 is 1.28 bits per heavy atom. The van der Waals surface area contributed by atoms with Crippen LogP contribution in [-0.2, 0) is 14.3 Å². The lowest BCUT2D eigenvalue weighted by molar-refractivity contribution is -0.152. The van der Waals surface area contributed by atoms with Crippen LogP contribution in [0.15, 0.2) is 0 Å². The van der Waals surface area contributed by atoms with Crippen LogP contribution in [0.5, 0.6) is 0 Å². The van der Waals surface area contributed by atoms with E-state index >= 15 is 0 Å². The van der Waals surface area contributed by atoms with E-state index in [0.717, 1.165) is 0 Å². The molecule has 0 saturated carbocycles. The van der Waals surface area contributed by atoms with Crippen molar-refractivity contribution in [3.63, 3.8) is 0 Å². The first-order chi connectivity index (χ1) is 8.31. The second-order valence-corrected chi connectivity index (χ2v) is 3.75. The number of nitrogens with one attached hydrogen (secondary N) is 1. The molecule has 0 aromatic rings. The summed E-state index contributed by atoms with van der Waals surface area (Å²) in [5.74, 6) is -2.42. The zero-order valence-corrected chi connectivity index (χ0v) is 10.5. The van der Waals surface area contributed by atoms with E-state index < -0.39 is 36.9 Å². The Balaban J connectivity index is 4.26. The van der Waals surface area contributed by atoms with Crippen molar-refractivity contribution in [2.24, 2.45) is 5.92 Å². The highest BCUT2D eigenvalue weighted by molar-refractivity contribution is 5.97. The van der Waals surface area contributed by atoms with Gasteiger partial charge in [0.1, 0.15) is 5.92 Å². The summed E-state index contributed by atoms with van der Waals surface area (Å²) in [5.41, 5.74) is 0. The van der Waals surface area contributed by atoms with Crippen LogP contribution in [0, 0.1) is 5.92 Å². The molecule has 0 aliphatic heterocycles. The van der Waals surface area contributed by atoms with Crippen molar-refractivity contribution in [2.75, 3.05) is 13.2 Å². The average Bonchev–Trinajstić information content (AvgIpc) is 2.24. The maximum Gasteiger partial charge on any atom is 0.390 e. The Kier molecular flexibility index (Phi) is 7.38. The van der Waals surface area contributed by atoms with E-state index in [1.807, 2.05) is 0 Å². The molecule has 1 unspecified atom stereocenters. The minimum Gasteiger partial charge on any atom is -0.465 e. The molecule has 0 rings (SSSR count). The molecule has 0 aromatic carbocycles. The predicted molar refractivity (Wildman–Crippen MR) is 58.7 cm³/mol. The molecule has 1 amide bonds. The molecule has 0 bridgehead atoms. The number of esters is 1. The first kappa shape index (κ1) is 16.7. The highest BCUT2D eigenvalue weighted by Crippen LogP contribution is 2.18. The molecule has 0 saturated heterocycles. The van der Waals surface area contributed by atoms with E-state index in [9.17, 15) is 22.8 Å². The molecule has 0 heterocycles. The maximum absolute atomic E-state index is 11.9. The summed E-state index contributed by atoms with van der Waals surface area (Å²) in [7, 11) is 0. The van der Waals surface area contributed by atoms with Crippen LogP contribution in [-0.4, -0.2) is 31.2 Å². The van der Waals surface area contributed by atoms with Gasteiger partial charge < -0.3 is 10.1 Å². The zero-order chi connectivity index (χ0) is 14.2. The summed E-state index contributed by atoms with van der Waals surface area (Å²) in [5, 5.41) is 2.10. The quantitative estimate of drug-likeness (QED) is 0.568. The van der Waals surface area contributed by atoms with Crippen molar-refractivity contribution in [3.05, 3.63) is 0 Å². The fourth-order valence-corrected chi connectivity index (χ4v) is 1.34. The number of alkyl halides is 3.